The second-order valence-corrected chi connectivity index (χ2v) is 5.75. The molecule has 0 unspecified atom stereocenters. The van der Waals surface area contributed by atoms with Crippen LogP contribution in [0.4, 0.5) is 5.82 Å². The Morgan fingerprint density at radius 3 is 2.17 bits per heavy atom. The fourth-order valence-electron chi connectivity index (χ4n) is 2.70. The van der Waals surface area contributed by atoms with E-state index in [1.807, 2.05) is 85.3 Å². The minimum atomic E-state index is -0.0232. The van der Waals surface area contributed by atoms with Gasteiger partial charge in [0.2, 0.25) is 0 Å². The highest BCUT2D eigenvalue weighted by Gasteiger charge is 2.18. The van der Waals surface area contributed by atoms with Gasteiger partial charge in [-0.1, -0.05) is 78.9 Å². The summed E-state index contributed by atoms with van der Waals surface area (Å²) in [6.07, 6.45) is 11.2. The van der Waals surface area contributed by atoms with Crippen molar-refractivity contribution >= 4 is 29.4 Å². The molecule has 0 saturated carbocycles. The average molecular weight is 439 g/mol. The van der Waals surface area contributed by atoms with E-state index in [0.717, 1.165) is 30.7 Å². The first kappa shape index (κ1) is 32.7. The molecule has 5 nitrogen and oxygen atoms in total. The molecule has 174 valence electrons. The molecule has 0 aromatic carbocycles. The van der Waals surface area contributed by atoms with E-state index < -0.39 is 0 Å². The zero-order valence-electron chi connectivity index (χ0n) is 21.1. The number of allylic oxidation sites excluding steroid dienone is 2. The average Bonchev–Trinajstić information content (AvgIpc) is 3.13. The monoisotopic (exact) mass is 438 g/mol. The number of nitrogens with zero attached hydrogens (tertiary/aromatic N) is 2. The molecule has 1 heterocycles. The summed E-state index contributed by atoms with van der Waals surface area (Å²) in [6, 6.07) is 0. The number of hydrogen-bond acceptors (Lipinski definition) is 3. The molecule has 0 fully saturated rings. The summed E-state index contributed by atoms with van der Waals surface area (Å²) in [4.78, 5) is 11.1. The van der Waals surface area contributed by atoms with Gasteiger partial charge in [-0.2, -0.15) is 5.10 Å². The lowest BCUT2D eigenvalue weighted by molar-refractivity contribution is -0.116. The van der Waals surface area contributed by atoms with Crippen molar-refractivity contribution < 1.29 is 4.79 Å². The number of nitrogens with one attached hydrogen (secondary N) is 2. The molecular weight excluding hydrogens is 392 g/mol. The Morgan fingerprint density at radius 2 is 1.70 bits per heavy atom. The molecule has 1 aromatic rings. The van der Waals surface area contributed by atoms with Gasteiger partial charge in [0.25, 0.3) is 5.91 Å². The number of carbonyl (C=O) groups is 1. The van der Waals surface area contributed by atoms with Crippen molar-refractivity contribution in [3.05, 3.63) is 35.1 Å². The van der Waals surface area contributed by atoms with E-state index in [9.17, 15) is 4.79 Å². The maximum atomic E-state index is 11.1. The number of hydrogen-bond donors (Lipinski definition) is 2. The van der Waals surface area contributed by atoms with E-state index >= 15 is 0 Å². The molecule has 0 saturated heterocycles. The van der Waals surface area contributed by atoms with Crippen molar-refractivity contribution in [2.75, 3.05) is 12.4 Å². The van der Waals surface area contributed by atoms with Gasteiger partial charge < -0.3 is 10.6 Å². The molecule has 0 atom stereocenters. The Labute approximate surface area is 191 Å². The zero-order chi connectivity index (χ0) is 23.9. The SMILES string of the molecule is C/C=C\C(=C/CC)C(=O)NC.CC.CC.CC.Cn1nc2c(c1NC=S)CCCC2. The Balaban J connectivity index is -0.000000393. The molecule has 1 aliphatic carbocycles. The highest BCUT2D eigenvalue weighted by molar-refractivity contribution is 7.79. The zero-order valence-corrected chi connectivity index (χ0v) is 21.9. The van der Waals surface area contributed by atoms with E-state index in [2.05, 4.69) is 15.7 Å². The number of carbonyl (C=O) groups excluding carboxylic acids is 1. The van der Waals surface area contributed by atoms with E-state index in [1.165, 1.54) is 24.1 Å². The number of fused-ring (bicyclic) bond motifs is 1. The normalized spacial score (nSPS) is 11.6. The van der Waals surface area contributed by atoms with E-state index in [4.69, 9.17) is 12.2 Å². The van der Waals surface area contributed by atoms with Crippen molar-refractivity contribution in [3.63, 3.8) is 0 Å². The molecule has 1 aromatic heterocycles. The molecule has 0 aliphatic heterocycles. The molecule has 1 aliphatic rings. The number of amides is 1. The van der Waals surface area contributed by atoms with E-state index in [0.29, 0.717) is 0 Å². The number of thiocarbonyl (C=S) groups is 1. The summed E-state index contributed by atoms with van der Waals surface area (Å²) in [5.41, 5.74) is 4.88. The van der Waals surface area contributed by atoms with Crippen LogP contribution in [0.25, 0.3) is 0 Å². The third-order valence-electron chi connectivity index (χ3n) is 3.77. The lowest BCUT2D eigenvalue weighted by Crippen LogP contribution is -2.18. The van der Waals surface area contributed by atoms with Crippen LogP contribution >= 0.6 is 12.2 Å². The predicted molar refractivity (Wildman–Crippen MR) is 138 cm³/mol. The lowest BCUT2D eigenvalue weighted by atomic mass is 9.98. The van der Waals surface area contributed by atoms with Crippen LogP contribution < -0.4 is 10.6 Å². The van der Waals surface area contributed by atoms with Gasteiger partial charge in [-0.15, -0.1) is 0 Å². The topological polar surface area (TPSA) is 59.0 Å². The summed E-state index contributed by atoms with van der Waals surface area (Å²) >= 11 is 4.79. The Morgan fingerprint density at radius 1 is 1.13 bits per heavy atom. The fraction of sp³-hybridized carbons (Fsp3) is 0.625. The third-order valence-corrected chi connectivity index (χ3v) is 3.89. The molecule has 0 spiro atoms. The molecule has 2 N–H and O–H groups in total. The first-order chi connectivity index (χ1) is 14.6. The Bertz CT molecular complexity index is 619. The molecule has 0 bridgehead atoms. The summed E-state index contributed by atoms with van der Waals surface area (Å²) in [5.74, 6) is 1.05. The predicted octanol–water partition coefficient (Wildman–Crippen LogP) is 6.39. The standard InChI is InChI=1S/C9H13N3S.C9H15NO.3C2H6/c1-12-9(10-6-13)7-4-2-3-5-8(7)11-12;1-4-6-8(7-5-2)9(11)10-3;3*1-2/h6H,2-5H2,1H3,(H,10,13);4,6-7H,5H2,1-3H3,(H,10,11);3*1-2H3/b;6-4-,8-7+;;;. The van der Waals surface area contributed by atoms with Crippen LogP contribution in [0.1, 0.15) is 85.9 Å². The van der Waals surface area contributed by atoms with Crippen molar-refractivity contribution in [2.24, 2.45) is 7.05 Å². The molecule has 2 rings (SSSR count). The van der Waals surface area contributed by atoms with Gasteiger partial charge in [0.15, 0.2) is 0 Å². The highest BCUT2D eigenvalue weighted by Crippen LogP contribution is 2.26. The first-order valence-electron chi connectivity index (χ1n) is 11.4. The summed E-state index contributed by atoms with van der Waals surface area (Å²) in [5, 5.41) is 10.1. The molecule has 1 amide bonds. The maximum absolute atomic E-state index is 11.1. The van der Waals surface area contributed by atoms with Gasteiger partial charge in [-0.3, -0.25) is 9.48 Å². The van der Waals surface area contributed by atoms with Crippen LogP contribution in [-0.2, 0) is 24.7 Å². The first-order valence-corrected chi connectivity index (χ1v) is 11.9. The fourth-order valence-corrected chi connectivity index (χ4v) is 2.81. The number of anilines is 1. The smallest absolute Gasteiger partial charge is 0.250 e. The molecule has 0 radical (unpaired) electrons. The van der Waals surface area contributed by atoms with Crippen LogP contribution in [-0.4, -0.2) is 28.2 Å². The van der Waals surface area contributed by atoms with Gasteiger partial charge in [-0.25, -0.2) is 0 Å². The van der Waals surface area contributed by atoms with Crippen LogP contribution in [0.2, 0.25) is 0 Å². The van der Waals surface area contributed by atoms with E-state index in [1.54, 1.807) is 12.5 Å². The van der Waals surface area contributed by atoms with Crippen molar-refractivity contribution in [2.45, 2.75) is 87.5 Å². The number of aryl methyl sites for hydroxylation is 2. The van der Waals surface area contributed by atoms with Crippen LogP contribution in [0.5, 0.6) is 0 Å². The quantitative estimate of drug-likeness (QED) is 0.317. The minimum Gasteiger partial charge on any atom is -0.355 e. The summed E-state index contributed by atoms with van der Waals surface area (Å²) in [7, 11) is 3.59. The van der Waals surface area contributed by atoms with Crippen molar-refractivity contribution in [3.8, 4) is 0 Å². The van der Waals surface area contributed by atoms with Crippen LogP contribution in [0.3, 0.4) is 0 Å². The molecule has 30 heavy (non-hydrogen) atoms. The van der Waals surface area contributed by atoms with Gasteiger partial charge >= 0.3 is 0 Å². The Kier molecular flexibility index (Phi) is 25.4. The summed E-state index contributed by atoms with van der Waals surface area (Å²) in [6.45, 7) is 15.9. The second-order valence-electron chi connectivity index (χ2n) is 5.51. The van der Waals surface area contributed by atoms with Gasteiger partial charge in [0, 0.05) is 25.2 Å². The molecular formula is C24H46N4OS. The number of aromatic nitrogens is 2. The minimum absolute atomic E-state index is 0.0232. The number of rotatable bonds is 5. The largest absolute Gasteiger partial charge is 0.355 e. The van der Waals surface area contributed by atoms with Gasteiger partial charge in [0.1, 0.15) is 5.82 Å². The van der Waals surface area contributed by atoms with Crippen LogP contribution in [0.15, 0.2) is 23.8 Å². The van der Waals surface area contributed by atoms with Crippen molar-refractivity contribution in [1.82, 2.24) is 15.1 Å². The van der Waals surface area contributed by atoms with Crippen molar-refractivity contribution in [1.29, 1.82) is 0 Å². The van der Waals surface area contributed by atoms with Gasteiger partial charge in [0.05, 0.1) is 11.2 Å². The van der Waals surface area contributed by atoms with Crippen LogP contribution in [0, 0.1) is 0 Å². The lowest BCUT2D eigenvalue weighted by Gasteiger charge is -2.10. The maximum Gasteiger partial charge on any atom is 0.250 e. The van der Waals surface area contributed by atoms with E-state index in [-0.39, 0.29) is 5.91 Å². The summed E-state index contributed by atoms with van der Waals surface area (Å²) < 4.78 is 1.89. The Hall–Kier alpha value is -1.95. The molecule has 6 heteroatoms. The second kappa shape index (κ2) is 23.3. The van der Waals surface area contributed by atoms with Gasteiger partial charge in [-0.05, 0) is 39.0 Å². The third kappa shape index (κ3) is 12.6. The number of likely N-dealkylation sites (N-methyl/N-ethyl adjacent to an activating group) is 1. The highest BCUT2D eigenvalue weighted by atomic mass is 32.1.